The van der Waals surface area contributed by atoms with E-state index in [0.29, 0.717) is 11.4 Å². The summed E-state index contributed by atoms with van der Waals surface area (Å²) in [6, 6.07) is 15.8. The summed E-state index contributed by atoms with van der Waals surface area (Å²) in [6.45, 7) is 0. The molecule has 2 aromatic carbocycles. The molecule has 2 aromatic rings. The molecule has 1 atom stereocenters. The molecule has 0 spiro atoms. The first-order valence-corrected chi connectivity index (χ1v) is 6.52. The van der Waals surface area contributed by atoms with Crippen molar-refractivity contribution >= 4 is 11.6 Å². The fourth-order valence-corrected chi connectivity index (χ4v) is 1.72. The fourth-order valence-electron chi connectivity index (χ4n) is 1.72. The number of para-hydroxylation sites is 1. The monoisotopic (exact) mass is 280 g/mol. The minimum Gasteiger partial charge on any atom is -0.457 e. The lowest BCUT2D eigenvalue weighted by molar-refractivity contribution is -0.117. The highest BCUT2D eigenvalue weighted by atomic mass is 16.5. The number of nitrogens with one attached hydrogen (secondary N) is 1. The van der Waals surface area contributed by atoms with Gasteiger partial charge in [-0.2, -0.15) is 0 Å². The van der Waals surface area contributed by atoms with Gasteiger partial charge in [-0.25, -0.2) is 0 Å². The quantitative estimate of drug-likeness (QED) is 0.828. The summed E-state index contributed by atoms with van der Waals surface area (Å²) in [6.07, 6.45) is 5.34. The van der Waals surface area contributed by atoms with Crippen LogP contribution < -0.4 is 15.8 Å². The molecule has 106 valence electrons. The number of anilines is 1. The van der Waals surface area contributed by atoms with E-state index in [1.807, 2.05) is 36.4 Å². The summed E-state index contributed by atoms with van der Waals surface area (Å²) in [4.78, 5) is 11.8. The van der Waals surface area contributed by atoms with Gasteiger partial charge in [-0.3, -0.25) is 4.79 Å². The van der Waals surface area contributed by atoms with Crippen molar-refractivity contribution in [2.24, 2.45) is 5.73 Å². The van der Waals surface area contributed by atoms with Gasteiger partial charge in [-0.05, 0) is 24.3 Å². The number of benzene rings is 2. The van der Waals surface area contributed by atoms with Gasteiger partial charge in [-0.1, -0.05) is 24.3 Å². The molecule has 0 aliphatic heterocycles. The predicted molar refractivity (Wildman–Crippen MR) is 83.0 cm³/mol. The maximum atomic E-state index is 11.8. The van der Waals surface area contributed by atoms with Gasteiger partial charge >= 0.3 is 0 Å². The van der Waals surface area contributed by atoms with Crippen LogP contribution in [0.3, 0.4) is 0 Å². The smallest absolute Gasteiger partial charge is 0.242 e. The lowest BCUT2D eigenvalue weighted by atomic mass is 10.2. The Balaban J connectivity index is 2.04. The Hall–Kier alpha value is -2.77. The topological polar surface area (TPSA) is 64.4 Å². The van der Waals surface area contributed by atoms with Crippen LogP contribution in [0.1, 0.15) is 6.42 Å². The third kappa shape index (κ3) is 4.37. The molecular formula is C17H16N2O2. The Morgan fingerprint density at radius 3 is 2.62 bits per heavy atom. The van der Waals surface area contributed by atoms with Gasteiger partial charge in [0.2, 0.25) is 5.91 Å². The fraction of sp³-hybridized carbons (Fsp3) is 0.118. The molecule has 0 saturated carbocycles. The number of rotatable bonds is 5. The predicted octanol–water partition coefficient (Wildman–Crippen LogP) is 2.77. The van der Waals surface area contributed by atoms with Crippen molar-refractivity contribution in [1.29, 1.82) is 0 Å². The molecule has 0 heterocycles. The SMILES string of the molecule is C#CCC(N)C(=O)Nc1cccc(Oc2ccccc2)c1. The Kier molecular flexibility index (Phi) is 4.97. The van der Waals surface area contributed by atoms with E-state index >= 15 is 0 Å². The normalized spacial score (nSPS) is 11.2. The van der Waals surface area contributed by atoms with E-state index in [4.69, 9.17) is 16.9 Å². The first-order chi connectivity index (χ1) is 10.2. The Morgan fingerprint density at radius 2 is 1.90 bits per heavy atom. The van der Waals surface area contributed by atoms with Crippen molar-refractivity contribution in [2.45, 2.75) is 12.5 Å². The average molecular weight is 280 g/mol. The number of hydrogen-bond acceptors (Lipinski definition) is 3. The summed E-state index contributed by atoms with van der Waals surface area (Å²) in [5.41, 5.74) is 6.26. The third-order valence-electron chi connectivity index (χ3n) is 2.76. The molecule has 21 heavy (non-hydrogen) atoms. The second-order valence-electron chi connectivity index (χ2n) is 4.45. The van der Waals surface area contributed by atoms with Gasteiger partial charge in [0.1, 0.15) is 11.5 Å². The number of nitrogens with two attached hydrogens (primary N) is 1. The number of amides is 1. The molecule has 1 amide bonds. The Labute approximate surface area is 123 Å². The van der Waals surface area contributed by atoms with Crippen LogP contribution in [0.2, 0.25) is 0 Å². The van der Waals surface area contributed by atoms with E-state index in [1.165, 1.54) is 0 Å². The maximum absolute atomic E-state index is 11.8. The van der Waals surface area contributed by atoms with Gasteiger partial charge in [0, 0.05) is 18.2 Å². The summed E-state index contributed by atoms with van der Waals surface area (Å²) < 4.78 is 5.69. The van der Waals surface area contributed by atoms with Gasteiger partial charge in [0.25, 0.3) is 0 Å². The number of terminal acetylenes is 1. The largest absolute Gasteiger partial charge is 0.457 e. The highest BCUT2D eigenvalue weighted by Gasteiger charge is 2.12. The molecule has 0 saturated heterocycles. The van der Waals surface area contributed by atoms with E-state index in [1.54, 1.807) is 18.2 Å². The second kappa shape index (κ2) is 7.13. The molecule has 0 bridgehead atoms. The number of carbonyl (C=O) groups is 1. The van der Waals surface area contributed by atoms with E-state index in [0.717, 1.165) is 5.75 Å². The zero-order valence-electron chi connectivity index (χ0n) is 11.5. The van der Waals surface area contributed by atoms with Crippen molar-refractivity contribution in [3.05, 3.63) is 54.6 Å². The molecule has 1 unspecified atom stereocenters. The molecule has 0 aromatic heterocycles. The summed E-state index contributed by atoms with van der Waals surface area (Å²) >= 11 is 0. The Bertz CT molecular complexity index is 647. The summed E-state index contributed by atoms with van der Waals surface area (Å²) in [7, 11) is 0. The highest BCUT2D eigenvalue weighted by molar-refractivity contribution is 5.95. The summed E-state index contributed by atoms with van der Waals surface area (Å²) in [5, 5.41) is 2.71. The third-order valence-corrected chi connectivity index (χ3v) is 2.76. The first kappa shape index (κ1) is 14.6. The van der Waals surface area contributed by atoms with Crippen LogP contribution in [0.5, 0.6) is 11.5 Å². The van der Waals surface area contributed by atoms with Crippen LogP contribution in [0.4, 0.5) is 5.69 Å². The molecule has 0 aliphatic carbocycles. The van der Waals surface area contributed by atoms with Gasteiger partial charge in [0.05, 0.1) is 6.04 Å². The first-order valence-electron chi connectivity index (χ1n) is 6.52. The zero-order chi connectivity index (χ0) is 15.1. The highest BCUT2D eigenvalue weighted by Crippen LogP contribution is 2.23. The van der Waals surface area contributed by atoms with Crippen molar-refractivity contribution in [2.75, 3.05) is 5.32 Å². The minimum absolute atomic E-state index is 0.200. The van der Waals surface area contributed by atoms with Crippen LogP contribution in [0.25, 0.3) is 0 Å². The standard InChI is InChI=1S/C17H16N2O2/c1-2-7-16(18)17(20)19-13-8-6-11-15(12-13)21-14-9-4-3-5-10-14/h1,3-6,8-12,16H,7,18H2,(H,19,20). The second-order valence-corrected chi connectivity index (χ2v) is 4.45. The van der Waals surface area contributed by atoms with Crippen LogP contribution in [0, 0.1) is 12.3 Å². The van der Waals surface area contributed by atoms with E-state index in [-0.39, 0.29) is 12.3 Å². The molecule has 0 fully saturated rings. The van der Waals surface area contributed by atoms with Gasteiger partial charge in [0.15, 0.2) is 0 Å². The number of hydrogen-bond donors (Lipinski definition) is 2. The Morgan fingerprint density at radius 1 is 1.19 bits per heavy atom. The molecule has 4 heteroatoms. The average Bonchev–Trinajstić information content (AvgIpc) is 2.49. The molecule has 4 nitrogen and oxygen atoms in total. The van der Waals surface area contributed by atoms with Crippen LogP contribution >= 0.6 is 0 Å². The minimum atomic E-state index is -0.714. The van der Waals surface area contributed by atoms with Crippen LogP contribution in [-0.4, -0.2) is 11.9 Å². The molecule has 3 N–H and O–H groups in total. The van der Waals surface area contributed by atoms with Crippen LogP contribution in [0.15, 0.2) is 54.6 Å². The molecule has 0 aliphatic rings. The van der Waals surface area contributed by atoms with Crippen molar-refractivity contribution in [3.63, 3.8) is 0 Å². The molecule has 2 rings (SSSR count). The number of ether oxygens (including phenoxy) is 1. The van der Waals surface area contributed by atoms with Gasteiger partial charge in [-0.15, -0.1) is 12.3 Å². The van der Waals surface area contributed by atoms with Gasteiger partial charge < -0.3 is 15.8 Å². The van der Waals surface area contributed by atoms with E-state index in [9.17, 15) is 4.79 Å². The van der Waals surface area contributed by atoms with Crippen LogP contribution in [-0.2, 0) is 4.79 Å². The van der Waals surface area contributed by atoms with E-state index in [2.05, 4.69) is 11.2 Å². The molecule has 0 radical (unpaired) electrons. The zero-order valence-corrected chi connectivity index (χ0v) is 11.5. The number of carbonyl (C=O) groups excluding carboxylic acids is 1. The van der Waals surface area contributed by atoms with Crippen molar-refractivity contribution < 1.29 is 9.53 Å². The maximum Gasteiger partial charge on any atom is 0.242 e. The lowest BCUT2D eigenvalue weighted by Gasteiger charge is -2.11. The van der Waals surface area contributed by atoms with Crippen molar-refractivity contribution in [3.8, 4) is 23.8 Å². The lowest BCUT2D eigenvalue weighted by Crippen LogP contribution is -2.35. The summed E-state index contributed by atoms with van der Waals surface area (Å²) in [5.74, 6) is 3.41. The molecular weight excluding hydrogens is 264 g/mol. The van der Waals surface area contributed by atoms with E-state index < -0.39 is 6.04 Å². The van der Waals surface area contributed by atoms with Crippen molar-refractivity contribution in [1.82, 2.24) is 0 Å².